The van der Waals surface area contributed by atoms with E-state index < -0.39 is 10.9 Å². The first-order valence-corrected chi connectivity index (χ1v) is 5.86. The van der Waals surface area contributed by atoms with Crippen molar-refractivity contribution in [3.05, 3.63) is 69.8 Å². The van der Waals surface area contributed by atoms with E-state index in [9.17, 15) is 14.9 Å². The highest BCUT2D eigenvalue weighted by atomic mass is 16.6. The molecule has 20 heavy (non-hydrogen) atoms. The van der Waals surface area contributed by atoms with Gasteiger partial charge in [0.15, 0.2) is 0 Å². The lowest BCUT2D eigenvalue weighted by Gasteiger charge is -2.04. The number of carbonyl (C=O) groups is 1. The van der Waals surface area contributed by atoms with Crippen LogP contribution in [0.1, 0.15) is 15.9 Å². The van der Waals surface area contributed by atoms with Crippen LogP contribution in [0, 0.1) is 10.1 Å². The largest absolute Gasteiger partial charge is 0.423 e. The molecule has 2 aromatic rings. The van der Waals surface area contributed by atoms with Crippen LogP contribution >= 0.6 is 0 Å². The van der Waals surface area contributed by atoms with E-state index in [1.54, 1.807) is 24.3 Å². The van der Waals surface area contributed by atoms with Crippen LogP contribution < -0.4 is 10.5 Å². The van der Waals surface area contributed by atoms with E-state index in [2.05, 4.69) is 0 Å². The van der Waals surface area contributed by atoms with Gasteiger partial charge in [-0.25, -0.2) is 4.79 Å². The SMILES string of the molecule is NCc1ccc(C(=O)Oc2ccc([N+](=O)[O-])cc2)cc1. The van der Waals surface area contributed by atoms with Crippen LogP contribution in [0.4, 0.5) is 5.69 Å². The Bertz CT molecular complexity index is 621. The highest BCUT2D eigenvalue weighted by molar-refractivity contribution is 5.91. The van der Waals surface area contributed by atoms with Gasteiger partial charge in [0.2, 0.25) is 0 Å². The number of hydrogen-bond donors (Lipinski definition) is 1. The molecule has 0 amide bonds. The molecule has 0 fully saturated rings. The zero-order valence-corrected chi connectivity index (χ0v) is 10.5. The van der Waals surface area contributed by atoms with E-state index in [-0.39, 0.29) is 11.4 Å². The van der Waals surface area contributed by atoms with Crippen LogP contribution in [0.25, 0.3) is 0 Å². The summed E-state index contributed by atoms with van der Waals surface area (Å²) in [5, 5.41) is 10.5. The Labute approximate surface area is 114 Å². The van der Waals surface area contributed by atoms with Gasteiger partial charge in [-0.2, -0.15) is 0 Å². The summed E-state index contributed by atoms with van der Waals surface area (Å²) < 4.78 is 5.12. The fourth-order valence-electron chi connectivity index (χ4n) is 1.58. The first-order chi connectivity index (χ1) is 9.60. The van der Waals surface area contributed by atoms with E-state index in [1.807, 2.05) is 0 Å². The molecule has 0 atom stereocenters. The van der Waals surface area contributed by atoms with E-state index in [1.165, 1.54) is 24.3 Å². The summed E-state index contributed by atoms with van der Waals surface area (Å²) >= 11 is 0. The molecule has 2 rings (SSSR count). The Hall–Kier alpha value is -2.73. The number of nitro groups is 1. The third-order valence-corrected chi connectivity index (χ3v) is 2.68. The minimum Gasteiger partial charge on any atom is -0.423 e. The van der Waals surface area contributed by atoms with Gasteiger partial charge >= 0.3 is 5.97 Å². The fourth-order valence-corrected chi connectivity index (χ4v) is 1.58. The second kappa shape index (κ2) is 5.94. The summed E-state index contributed by atoms with van der Waals surface area (Å²) in [7, 11) is 0. The minimum atomic E-state index is -0.526. The summed E-state index contributed by atoms with van der Waals surface area (Å²) in [6.07, 6.45) is 0. The number of nitrogens with two attached hydrogens (primary N) is 1. The minimum absolute atomic E-state index is 0.0582. The van der Waals surface area contributed by atoms with Crippen molar-refractivity contribution in [1.29, 1.82) is 0 Å². The smallest absolute Gasteiger partial charge is 0.343 e. The van der Waals surface area contributed by atoms with E-state index in [0.717, 1.165) is 5.56 Å². The Balaban J connectivity index is 2.08. The van der Waals surface area contributed by atoms with E-state index in [0.29, 0.717) is 12.1 Å². The molecule has 0 saturated heterocycles. The molecule has 0 aliphatic heterocycles. The molecule has 0 aliphatic rings. The first-order valence-electron chi connectivity index (χ1n) is 5.86. The quantitative estimate of drug-likeness (QED) is 0.398. The highest BCUT2D eigenvalue weighted by Crippen LogP contribution is 2.18. The van der Waals surface area contributed by atoms with Crippen molar-refractivity contribution in [2.45, 2.75) is 6.54 Å². The van der Waals surface area contributed by atoms with Gasteiger partial charge in [0.05, 0.1) is 10.5 Å². The molecule has 6 heteroatoms. The first kappa shape index (κ1) is 13.7. The fraction of sp³-hybridized carbons (Fsp3) is 0.0714. The summed E-state index contributed by atoms with van der Waals surface area (Å²) in [5.74, 6) is -0.272. The third kappa shape index (κ3) is 3.18. The number of hydrogen-bond acceptors (Lipinski definition) is 5. The number of carbonyl (C=O) groups excluding carboxylic acids is 1. The van der Waals surface area contributed by atoms with Crippen molar-refractivity contribution in [2.75, 3.05) is 0 Å². The molecule has 0 bridgehead atoms. The maximum absolute atomic E-state index is 11.8. The Morgan fingerprint density at radius 1 is 1.10 bits per heavy atom. The topological polar surface area (TPSA) is 95.5 Å². The molecule has 6 nitrogen and oxygen atoms in total. The van der Waals surface area contributed by atoms with Crippen LogP contribution in [0.3, 0.4) is 0 Å². The van der Waals surface area contributed by atoms with Gasteiger partial charge in [0.25, 0.3) is 5.69 Å². The van der Waals surface area contributed by atoms with Crippen molar-refractivity contribution in [3.8, 4) is 5.75 Å². The maximum atomic E-state index is 11.8. The third-order valence-electron chi connectivity index (χ3n) is 2.68. The number of nitro benzene ring substituents is 1. The second-order valence-corrected chi connectivity index (χ2v) is 4.04. The lowest BCUT2D eigenvalue weighted by atomic mass is 10.1. The Morgan fingerprint density at radius 2 is 1.70 bits per heavy atom. The second-order valence-electron chi connectivity index (χ2n) is 4.04. The van der Waals surface area contributed by atoms with Gasteiger partial charge in [0.1, 0.15) is 5.75 Å². The summed E-state index contributed by atoms with van der Waals surface area (Å²) in [5.41, 5.74) is 6.71. The van der Waals surface area contributed by atoms with Crippen LogP contribution in [0.2, 0.25) is 0 Å². The van der Waals surface area contributed by atoms with Crippen molar-refractivity contribution in [1.82, 2.24) is 0 Å². The normalized spacial score (nSPS) is 10.1. The monoisotopic (exact) mass is 272 g/mol. The highest BCUT2D eigenvalue weighted by Gasteiger charge is 2.10. The van der Waals surface area contributed by atoms with Crippen molar-refractivity contribution < 1.29 is 14.5 Å². The Morgan fingerprint density at radius 3 is 2.20 bits per heavy atom. The summed E-state index contributed by atoms with van der Waals surface area (Å²) in [6.45, 7) is 0.400. The van der Waals surface area contributed by atoms with Gasteiger partial charge in [-0.3, -0.25) is 10.1 Å². The van der Waals surface area contributed by atoms with Crippen LogP contribution in [-0.2, 0) is 6.54 Å². The number of benzene rings is 2. The molecule has 0 heterocycles. The van der Waals surface area contributed by atoms with Crippen LogP contribution in [0.5, 0.6) is 5.75 Å². The number of rotatable bonds is 4. The van der Waals surface area contributed by atoms with Gasteiger partial charge in [0, 0.05) is 18.7 Å². The van der Waals surface area contributed by atoms with Crippen molar-refractivity contribution in [2.24, 2.45) is 5.73 Å². The predicted octanol–water partition coefficient (Wildman–Crippen LogP) is 2.27. The molecule has 0 aromatic heterocycles. The lowest BCUT2D eigenvalue weighted by molar-refractivity contribution is -0.384. The molecule has 0 saturated carbocycles. The predicted molar refractivity (Wildman–Crippen MR) is 72.4 cm³/mol. The van der Waals surface area contributed by atoms with Crippen molar-refractivity contribution in [3.63, 3.8) is 0 Å². The zero-order chi connectivity index (χ0) is 14.5. The van der Waals surface area contributed by atoms with E-state index >= 15 is 0 Å². The maximum Gasteiger partial charge on any atom is 0.343 e. The molecule has 2 N–H and O–H groups in total. The summed E-state index contributed by atoms with van der Waals surface area (Å²) in [4.78, 5) is 21.8. The lowest BCUT2D eigenvalue weighted by Crippen LogP contribution is -2.08. The average Bonchev–Trinajstić information content (AvgIpc) is 2.48. The molecular weight excluding hydrogens is 260 g/mol. The number of esters is 1. The van der Waals surface area contributed by atoms with Gasteiger partial charge in [-0.1, -0.05) is 12.1 Å². The number of ether oxygens (including phenoxy) is 1. The van der Waals surface area contributed by atoms with Gasteiger partial charge < -0.3 is 10.5 Å². The molecule has 2 aromatic carbocycles. The van der Waals surface area contributed by atoms with Gasteiger partial charge in [-0.05, 0) is 29.8 Å². The Kier molecular flexibility index (Phi) is 4.07. The molecule has 0 spiro atoms. The van der Waals surface area contributed by atoms with Crippen LogP contribution in [0.15, 0.2) is 48.5 Å². The van der Waals surface area contributed by atoms with Crippen LogP contribution in [-0.4, -0.2) is 10.9 Å². The van der Waals surface area contributed by atoms with Crippen molar-refractivity contribution >= 4 is 11.7 Å². The molecule has 0 unspecified atom stereocenters. The standard InChI is InChI=1S/C14H12N2O4/c15-9-10-1-3-11(4-2-10)14(17)20-13-7-5-12(6-8-13)16(18)19/h1-8H,9,15H2. The molecule has 102 valence electrons. The number of nitrogens with zero attached hydrogens (tertiary/aromatic N) is 1. The number of non-ortho nitro benzene ring substituents is 1. The molecule has 0 radical (unpaired) electrons. The molecular formula is C14H12N2O4. The average molecular weight is 272 g/mol. The zero-order valence-electron chi connectivity index (χ0n) is 10.5. The van der Waals surface area contributed by atoms with Gasteiger partial charge in [-0.15, -0.1) is 0 Å². The summed E-state index contributed by atoms with van der Waals surface area (Å²) in [6, 6.07) is 12.0. The molecule has 0 aliphatic carbocycles. The van der Waals surface area contributed by atoms with E-state index in [4.69, 9.17) is 10.5 Å².